The summed E-state index contributed by atoms with van der Waals surface area (Å²) in [6, 6.07) is 12.6. The monoisotopic (exact) mass is 397 g/mol. The van der Waals surface area contributed by atoms with Crippen molar-refractivity contribution in [2.75, 3.05) is 5.32 Å². The van der Waals surface area contributed by atoms with Crippen LogP contribution in [0.4, 0.5) is 16.0 Å². The highest BCUT2D eigenvalue weighted by Crippen LogP contribution is 2.24. The van der Waals surface area contributed by atoms with Crippen molar-refractivity contribution < 1.29 is 17.6 Å². The van der Waals surface area contributed by atoms with E-state index in [9.17, 15) is 17.6 Å². The fraction of sp³-hybridized carbons (Fsp3) is 0. The third-order valence-electron chi connectivity index (χ3n) is 3.52. The lowest BCUT2D eigenvalue weighted by Gasteiger charge is -2.12. The minimum absolute atomic E-state index is 0.0168. The molecular weight excluding hydrogens is 383 g/mol. The van der Waals surface area contributed by atoms with Crippen molar-refractivity contribution in [3.05, 3.63) is 95.4 Å². The van der Waals surface area contributed by atoms with Gasteiger partial charge >= 0.3 is 0 Å². The zero-order valence-electron chi connectivity index (χ0n) is 14.4. The second kappa shape index (κ2) is 8.40. The van der Waals surface area contributed by atoms with Crippen LogP contribution in [0.5, 0.6) is 0 Å². The van der Waals surface area contributed by atoms with Gasteiger partial charge in [-0.05, 0) is 60.9 Å². The Morgan fingerprint density at radius 2 is 1.64 bits per heavy atom. The number of hydrogen-bond donors (Lipinski definition) is 1. The summed E-state index contributed by atoms with van der Waals surface area (Å²) in [4.78, 5) is 19.5. The minimum atomic E-state index is -3.93. The summed E-state index contributed by atoms with van der Waals surface area (Å²) in [6.07, 6.45) is 5.50. The Hall–Kier alpha value is -3.59. The predicted octanol–water partition coefficient (Wildman–Crippen LogP) is 3.82. The summed E-state index contributed by atoms with van der Waals surface area (Å²) in [5, 5.41) is 2.86. The van der Waals surface area contributed by atoms with Gasteiger partial charge in [0.05, 0.1) is 4.90 Å². The molecule has 142 valence electrons. The van der Waals surface area contributed by atoms with Crippen LogP contribution < -0.4 is 5.32 Å². The number of aromatic nitrogens is 2. The summed E-state index contributed by atoms with van der Waals surface area (Å²) < 4.78 is 40.9. The maximum atomic E-state index is 12.9. The lowest BCUT2D eigenvalue weighted by atomic mass is 10.1. The highest BCUT2D eigenvalue weighted by Gasteiger charge is 2.11. The lowest BCUT2D eigenvalue weighted by Crippen LogP contribution is -2.00. The largest absolute Gasteiger partial charge is 0.366 e. The number of nitrogens with one attached hydrogen (secondary N) is 1. The number of benzene rings is 2. The van der Waals surface area contributed by atoms with Crippen molar-refractivity contribution in [3.8, 4) is 0 Å². The zero-order chi connectivity index (χ0) is 20.0. The van der Waals surface area contributed by atoms with Crippen molar-refractivity contribution in [1.29, 1.82) is 0 Å². The van der Waals surface area contributed by atoms with E-state index in [2.05, 4.69) is 20.0 Å². The van der Waals surface area contributed by atoms with E-state index in [1.807, 2.05) is 0 Å². The zero-order valence-corrected chi connectivity index (χ0v) is 15.2. The Balaban J connectivity index is 1.62. The standard InChI is InChI=1S/C19H15FN4O3S/c20-15-4-2-14(3-5-15)18(25)10-13-21-16-6-8-17(9-7-16)28(26,27)24-19-22-11-1-12-23-19/h1-13H,(H2,21,22,23,24,25)/p-1. The van der Waals surface area contributed by atoms with Crippen molar-refractivity contribution in [3.63, 3.8) is 0 Å². The molecule has 0 spiro atoms. The number of ketones is 1. The Bertz CT molecular complexity index is 1080. The first-order valence-corrected chi connectivity index (χ1v) is 9.46. The van der Waals surface area contributed by atoms with Crippen LogP contribution in [0, 0.1) is 5.82 Å². The average Bonchev–Trinajstić information content (AvgIpc) is 2.69. The third kappa shape index (κ3) is 4.98. The molecule has 7 nitrogen and oxygen atoms in total. The molecule has 0 bridgehead atoms. The molecule has 0 aliphatic rings. The molecule has 0 unspecified atom stereocenters. The van der Waals surface area contributed by atoms with E-state index < -0.39 is 15.8 Å². The van der Waals surface area contributed by atoms with Gasteiger partial charge in [0, 0.05) is 29.5 Å². The first kappa shape index (κ1) is 19.2. The normalized spacial score (nSPS) is 11.3. The average molecular weight is 397 g/mol. The van der Waals surface area contributed by atoms with Crippen molar-refractivity contribution in [1.82, 2.24) is 9.97 Å². The van der Waals surface area contributed by atoms with Crippen LogP contribution in [0.15, 0.2) is 84.2 Å². The Morgan fingerprint density at radius 3 is 2.29 bits per heavy atom. The van der Waals surface area contributed by atoms with Crippen molar-refractivity contribution in [2.45, 2.75) is 4.90 Å². The van der Waals surface area contributed by atoms with Crippen LogP contribution in [0.2, 0.25) is 0 Å². The maximum absolute atomic E-state index is 12.9. The van der Waals surface area contributed by atoms with Crippen LogP contribution >= 0.6 is 0 Å². The number of carbonyl (C=O) groups is 1. The van der Waals surface area contributed by atoms with Gasteiger partial charge in [-0.25, -0.2) is 12.8 Å². The van der Waals surface area contributed by atoms with E-state index in [1.54, 1.807) is 6.07 Å². The van der Waals surface area contributed by atoms with E-state index in [0.717, 1.165) is 0 Å². The van der Waals surface area contributed by atoms with Crippen LogP contribution in [0.25, 0.3) is 4.72 Å². The van der Waals surface area contributed by atoms with Crippen LogP contribution in [-0.2, 0) is 10.0 Å². The van der Waals surface area contributed by atoms with Crippen molar-refractivity contribution >= 4 is 27.4 Å². The number of anilines is 1. The van der Waals surface area contributed by atoms with Gasteiger partial charge in [0.25, 0.3) is 0 Å². The number of nitrogens with zero attached hydrogens (tertiary/aromatic N) is 3. The predicted molar refractivity (Wildman–Crippen MR) is 102 cm³/mol. The van der Waals surface area contributed by atoms with E-state index in [1.165, 1.54) is 73.2 Å². The molecule has 1 heterocycles. The van der Waals surface area contributed by atoms with Crippen LogP contribution in [0.3, 0.4) is 0 Å². The summed E-state index contributed by atoms with van der Waals surface area (Å²) in [6.45, 7) is 0. The second-order valence-corrected chi connectivity index (χ2v) is 7.09. The summed E-state index contributed by atoms with van der Waals surface area (Å²) >= 11 is 0. The quantitative estimate of drug-likeness (QED) is 0.480. The minimum Gasteiger partial charge on any atom is -0.366 e. The molecule has 0 fully saturated rings. The Kier molecular flexibility index (Phi) is 5.75. The molecule has 2 aromatic carbocycles. The SMILES string of the molecule is O=C(/C=C/Nc1ccc(S(=O)(=O)[N-]c2ncccn2)cc1)c1ccc(F)cc1. The summed E-state index contributed by atoms with van der Waals surface area (Å²) in [5.74, 6) is -0.862. The molecule has 3 aromatic rings. The highest BCUT2D eigenvalue weighted by molar-refractivity contribution is 7.94. The first-order valence-electron chi connectivity index (χ1n) is 8.02. The third-order valence-corrected chi connectivity index (χ3v) is 4.79. The molecule has 0 saturated carbocycles. The van der Waals surface area contributed by atoms with Gasteiger partial charge in [0.1, 0.15) is 5.82 Å². The van der Waals surface area contributed by atoms with Crippen LogP contribution in [-0.4, -0.2) is 24.2 Å². The second-order valence-electron chi connectivity index (χ2n) is 5.49. The van der Waals surface area contributed by atoms with E-state index in [4.69, 9.17) is 0 Å². The number of sulfonamides is 1. The van der Waals surface area contributed by atoms with Gasteiger partial charge in [0.2, 0.25) is 10.0 Å². The topological polar surface area (TPSA) is 103 Å². The van der Waals surface area contributed by atoms with Gasteiger partial charge in [-0.15, -0.1) is 0 Å². The molecule has 0 atom stereocenters. The molecule has 28 heavy (non-hydrogen) atoms. The van der Waals surface area contributed by atoms with Gasteiger partial charge in [-0.2, -0.15) is 0 Å². The number of halogens is 1. The molecule has 0 aliphatic carbocycles. The molecule has 0 amide bonds. The maximum Gasteiger partial charge on any atom is 0.229 e. The number of hydrogen-bond acceptors (Lipinski definition) is 6. The molecular formula is C19H14FN4O3S-. The van der Waals surface area contributed by atoms with Gasteiger partial charge in [0.15, 0.2) is 5.78 Å². The van der Waals surface area contributed by atoms with Gasteiger partial charge < -0.3 is 15.3 Å². The van der Waals surface area contributed by atoms with Gasteiger partial charge in [-0.3, -0.25) is 9.52 Å². The summed E-state index contributed by atoms with van der Waals surface area (Å²) in [7, 11) is -3.93. The van der Waals surface area contributed by atoms with Crippen molar-refractivity contribution in [2.24, 2.45) is 0 Å². The Labute approximate surface area is 161 Å². The van der Waals surface area contributed by atoms with E-state index >= 15 is 0 Å². The fourth-order valence-corrected chi connectivity index (χ4v) is 3.04. The van der Waals surface area contributed by atoms with Gasteiger partial charge in [-0.1, -0.05) is 6.07 Å². The Morgan fingerprint density at radius 1 is 1.00 bits per heavy atom. The van der Waals surface area contributed by atoms with E-state index in [-0.39, 0.29) is 16.6 Å². The summed E-state index contributed by atoms with van der Waals surface area (Å²) in [5.41, 5.74) is 0.920. The molecule has 3 rings (SSSR count). The smallest absolute Gasteiger partial charge is 0.229 e. The molecule has 0 aliphatic heterocycles. The molecule has 1 N–H and O–H groups in total. The molecule has 0 radical (unpaired) electrons. The molecule has 0 saturated heterocycles. The first-order chi connectivity index (χ1) is 13.4. The highest BCUT2D eigenvalue weighted by atomic mass is 32.2. The van der Waals surface area contributed by atoms with Crippen LogP contribution in [0.1, 0.15) is 10.4 Å². The fourth-order valence-electron chi connectivity index (χ4n) is 2.15. The number of allylic oxidation sites excluding steroid dienone is 1. The lowest BCUT2D eigenvalue weighted by molar-refractivity contribution is 0.104. The van der Waals surface area contributed by atoms with E-state index in [0.29, 0.717) is 11.3 Å². The molecule has 1 aromatic heterocycles. The number of carbonyl (C=O) groups excluding carboxylic acids is 1. The molecule has 9 heteroatoms. The number of rotatable bonds is 7.